The summed E-state index contributed by atoms with van der Waals surface area (Å²) in [5.74, 6) is 1.00. The second kappa shape index (κ2) is 8.35. The van der Waals surface area contributed by atoms with Crippen LogP contribution in [0, 0.1) is 6.92 Å². The molecule has 6 heteroatoms. The molecular formula is C26H20N4O2. The lowest BCUT2D eigenvalue weighted by Gasteiger charge is -2.06. The first kappa shape index (κ1) is 19.5. The fourth-order valence-electron chi connectivity index (χ4n) is 3.48. The van der Waals surface area contributed by atoms with E-state index in [0.717, 1.165) is 22.6 Å². The largest absolute Gasteiger partial charge is 0.441 e. The van der Waals surface area contributed by atoms with Gasteiger partial charge in [-0.15, -0.1) is 0 Å². The molecule has 1 amide bonds. The number of nitrogens with zero attached hydrogens (tertiary/aromatic N) is 3. The third-order valence-corrected chi connectivity index (χ3v) is 5.02. The van der Waals surface area contributed by atoms with Crippen molar-refractivity contribution in [2.75, 3.05) is 5.32 Å². The molecule has 0 radical (unpaired) electrons. The minimum absolute atomic E-state index is 0.244. The highest BCUT2D eigenvalue weighted by Gasteiger charge is 2.19. The van der Waals surface area contributed by atoms with E-state index in [2.05, 4.69) is 10.3 Å². The van der Waals surface area contributed by atoms with Crippen molar-refractivity contribution in [2.24, 2.45) is 0 Å². The van der Waals surface area contributed by atoms with Crippen molar-refractivity contribution in [3.63, 3.8) is 0 Å². The molecule has 0 atom stereocenters. The van der Waals surface area contributed by atoms with Gasteiger partial charge < -0.3 is 9.73 Å². The smallest absolute Gasteiger partial charge is 0.259 e. The lowest BCUT2D eigenvalue weighted by molar-refractivity contribution is 0.102. The van der Waals surface area contributed by atoms with Crippen LogP contribution in [0.25, 0.3) is 28.4 Å². The van der Waals surface area contributed by atoms with Gasteiger partial charge in [0.15, 0.2) is 0 Å². The molecule has 0 unspecified atom stereocenters. The second-order valence-electron chi connectivity index (χ2n) is 7.35. The van der Waals surface area contributed by atoms with Gasteiger partial charge in [0.1, 0.15) is 11.5 Å². The number of benzene rings is 3. The van der Waals surface area contributed by atoms with E-state index < -0.39 is 0 Å². The lowest BCUT2D eigenvalue weighted by atomic mass is 10.1. The molecule has 0 aliphatic heterocycles. The number of para-hydroxylation sites is 1. The third kappa shape index (κ3) is 3.94. The zero-order valence-corrected chi connectivity index (χ0v) is 17.4. The number of rotatable bonds is 5. The Morgan fingerprint density at radius 1 is 0.906 bits per heavy atom. The van der Waals surface area contributed by atoms with E-state index in [4.69, 9.17) is 9.52 Å². The summed E-state index contributed by atoms with van der Waals surface area (Å²) in [6.07, 6.45) is 3.43. The molecule has 6 nitrogen and oxygen atoms in total. The predicted molar refractivity (Wildman–Crippen MR) is 124 cm³/mol. The molecule has 3 aromatic carbocycles. The molecule has 0 aliphatic carbocycles. The maximum absolute atomic E-state index is 13.3. The Kier molecular flexibility index (Phi) is 5.09. The van der Waals surface area contributed by atoms with Crippen molar-refractivity contribution in [1.82, 2.24) is 14.8 Å². The van der Waals surface area contributed by atoms with Crippen molar-refractivity contribution in [1.29, 1.82) is 0 Å². The Morgan fingerprint density at radius 2 is 1.62 bits per heavy atom. The SMILES string of the molecule is Cc1cnc(-c2cccc(NC(=O)c3cn(-c4ccccc4)nc3-c3ccccc3)c2)o1. The average molecular weight is 420 g/mol. The van der Waals surface area contributed by atoms with Gasteiger partial charge in [-0.3, -0.25) is 4.79 Å². The van der Waals surface area contributed by atoms with Crippen LogP contribution in [0.3, 0.4) is 0 Å². The Morgan fingerprint density at radius 3 is 2.34 bits per heavy atom. The average Bonchev–Trinajstić information content (AvgIpc) is 3.47. The molecule has 5 aromatic rings. The van der Waals surface area contributed by atoms with Crippen LogP contribution in [-0.4, -0.2) is 20.7 Å². The van der Waals surface area contributed by atoms with Gasteiger partial charge in [0, 0.05) is 23.0 Å². The molecule has 0 bridgehead atoms. The number of oxazole rings is 1. The summed E-state index contributed by atoms with van der Waals surface area (Å²) < 4.78 is 7.33. The van der Waals surface area contributed by atoms with Gasteiger partial charge >= 0.3 is 0 Å². The van der Waals surface area contributed by atoms with E-state index in [1.807, 2.05) is 91.9 Å². The maximum Gasteiger partial charge on any atom is 0.259 e. The molecule has 0 saturated carbocycles. The van der Waals surface area contributed by atoms with Crippen LogP contribution in [0.5, 0.6) is 0 Å². The zero-order valence-electron chi connectivity index (χ0n) is 17.4. The van der Waals surface area contributed by atoms with Crippen LogP contribution in [-0.2, 0) is 0 Å². The van der Waals surface area contributed by atoms with Gasteiger partial charge in [0.25, 0.3) is 5.91 Å². The van der Waals surface area contributed by atoms with Gasteiger partial charge in [0.2, 0.25) is 5.89 Å². The summed E-state index contributed by atoms with van der Waals surface area (Å²) in [4.78, 5) is 17.6. The van der Waals surface area contributed by atoms with Crippen LogP contribution in [0.4, 0.5) is 5.69 Å². The van der Waals surface area contributed by atoms with Gasteiger partial charge in [-0.25, -0.2) is 9.67 Å². The number of hydrogen-bond donors (Lipinski definition) is 1. The Bertz CT molecular complexity index is 1370. The molecule has 2 aromatic heterocycles. The number of carbonyl (C=O) groups excluding carboxylic acids is 1. The number of carbonyl (C=O) groups is 1. The highest BCUT2D eigenvalue weighted by molar-refractivity contribution is 6.08. The standard InChI is InChI=1S/C26H20N4O2/c1-18-16-27-26(32-18)20-11-8-12-21(15-20)28-25(31)23-17-30(22-13-6-3-7-14-22)29-24(23)19-9-4-2-5-10-19/h2-17H,1H3,(H,28,31). The zero-order chi connectivity index (χ0) is 21.9. The summed E-state index contributed by atoms with van der Waals surface area (Å²) >= 11 is 0. The molecular weight excluding hydrogens is 400 g/mol. The topological polar surface area (TPSA) is 73.0 Å². The van der Waals surface area contributed by atoms with E-state index >= 15 is 0 Å². The second-order valence-corrected chi connectivity index (χ2v) is 7.35. The van der Waals surface area contributed by atoms with Crippen molar-refractivity contribution < 1.29 is 9.21 Å². The number of anilines is 1. The third-order valence-electron chi connectivity index (χ3n) is 5.02. The first-order valence-corrected chi connectivity index (χ1v) is 10.2. The van der Waals surface area contributed by atoms with Gasteiger partial charge in [-0.1, -0.05) is 54.6 Å². The van der Waals surface area contributed by atoms with Gasteiger partial charge in [-0.2, -0.15) is 5.10 Å². The molecule has 156 valence electrons. The molecule has 0 spiro atoms. The monoisotopic (exact) mass is 420 g/mol. The minimum atomic E-state index is -0.244. The van der Waals surface area contributed by atoms with Crippen molar-refractivity contribution >= 4 is 11.6 Å². The Hall–Kier alpha value is -4.45. The van der Waals surface area contributed by atoms with Crippen LogP contribution in [0.2, 0.25) is 0 Å². The Labute approximate surface area is 185 Å². The van der Waals surface area contributed by atoms with Gasteiger partial charge in [0.05, 0.1) is 17.4 Å². The highest BCUT2D eigenvalue weighted by atomic mass is 16.4. The first-order chi connectivity index (χ1) is 15.7. The van der Waals surface area contributed by atoms with E-state index in [1.54, 1.807) is 17.1 Å². The maximum atomic E-state index is 13.3. The van der Waals surface area contributed by atoms with Crippen molar-refractivity contribution in [3.8, 4) is 28.4 Å². The molecule has 5 rings (SSSR count). The summed E-state index contributed by atoms with van der Waals surface area (Å²) in [5.41, 5.74) is 4.29. The number of hydrogen-bond acceptors (Lipinski definition) is 4. The molecule has 0 fully saturated rings. The summed E-state index contributed by atoms with van der Waals surface area (Å²) in [5, 5.41) is 7.70. The van der Waals surface area contributed by atoms with E-state index in [-0.39, 0.29) is 5.91 Å². The van der Waals surface area contributed by atoms with Crippen molar-refractivity contribution in [2.45, 2.75) is 6.92 Å². The predicted octanol–water partition coefficient (Wildman–Crippen LogP) is 5.76. The fraction of sp³-hybridized carbons (Fsp3) is 0.0385. The van der Waals surface area contributed by atoms with Gasteiger partial charge in [-0.05, 0) is 37.3 Å². The minimum Gasteiger partial charge on any atom is -0.441 e. The molecule has 1 N–H and O–H groups in total. The molecule has 0 aliphatic rings. The van der Waals surface area contributed by atoms with Crippen LogP contribution >= 0.6 is 0 Å². The fourth-order valence-corrected chi connectivity index (χ4v) is 3.48. The summed E-state index contributed by atoms with van der Waals surface area (Å²) in [6, 6.07) is 26.8. The van der Waals surface area contributed by atoms with E-state index in [9.17, 15) is 4.79 Å². The number of aryl methyl sites for hydroxylation is 1. The molecule has 0 saturated heterocycles. The van der Waals surface area contributed by atoms with E-state index in [0.29, 0.717) is 22.8 Å². The highest BCUT2D eigenvalue weighted by Crippen LogP contribution is 2.26. The van der Waals surface area contributed by atoms with Crippen LogP contribution < -0.4 is 5.32 Å². The van der Waals surface area contributed by atoms with E-state index in [1.165, 1.54) is 0 Å². The Balaban J connectivity index is 1.50. The molecule has 32 heavy (non-hydrogen) atoms. The number of aromatic nitrogens is 3. The van der Waals surface area contributed by atoms with Crippen molar-refractivity contribution in [3.05, 3.63) is 109 Å². The first-order valence-electron chi connectivity index (χ1n) is 10.2. The number of nitrogens with one attached hydrogen (secondary N) is 1. The summed E-state index contributed by atoms with van der Waals surface area (Å²) in [6.45, 7) is 1.84. The lowest BCUT2D eigenvalue weighted by Crippen LogP contribution is -2.12. The quantitative estimate of drug-likeness (QED) is 0.393. The number of amides is 1. The molecule has 2 heterocycles. The van der Waals surface area contributed by atoms with Crippen LogP contribution in [0.15, 0.2) is 102 Å². The summed E-state index contributed by atoms with van der Waals surface area (Å²) in [7, 11) is 0. The normalized spacial score (nSPS) is 10.8. The van der Waals surface area contributed by atoms with Crippen LogP contribution in [0.1, 0.15) is 16.1 Å².